The van der Waals surface area contributed by atoms with Crippen LogP contribution in [0.15, 0.2) is 71.8 Å². The van der Waals surface area contributed by atoms with Crippen LogP contribution < -0.4 is 0 Å². The van der Waals surface area contributed by atoms with Crippen LogP contribution in [0.5, 0.6) is 0 Å². The monoisotopic (exact) mass is 425 g/mol. The summed E-state index contributed by atoms with van der Waals surface area (Å²) in [4.78, 5) is 6.81. The highest BCUT2D eigenvalue weighted by Gasteiger charge is 2.23. The Bertz CT molecular complexity index is 1260. The molecule has 0 atom stereocenters. The normalized spacial score (nSPS) is 12.2. The van der Waals surface area contributed by atoms with Crippen LogP contribution in [-0.2, 0) is 16.6 Å². The van der Waals surface area contributed by atoms with Gasteiger partial charge >= 0.3 is 0 Å². The van der Waals surface area contributed by atoms with E-state index in [-0.39, 0.29) is 18.1 Å². The van der Waals surface area contributed by atoms with Crippen LogP contribution in [0.3, 0.4) is 0 Å². The van der Waals surface area contributed by atoms with Gasteiger partial charge in [-0.2, -0.15) is 0 Å². The Hall–Kier alpha value is -2.78. The molecule has 0 fully saturated rings. The molecule has 0 amide bonds. The molecule has 0 aliphatic carbocycles. The second-order valence-corrected chi connectivity index (χ2v) is 8.81. The number of rotatable bonds is 8. The van der Waals surface area contributed by atoms with Crippen LogP contribution in [0, 0.1) is 0 Å². The molecule has 156 valence electrons. The molecule has 2 heterocycles. The average Bonchev–Trinajstić information content (AvgIpc) is 3.22. The van der Waals surface area contributed by atoms with E-state index in [1.807, 2.05) is 29.2 Å². The zero-order valence-electron chi connectivity index (χ0n) is 16.3. The van der Waals surface area contributed by atoms with Gasteiger partial charge in [0, 0.05) is 36.6 Å². The van der Waals surface area contributed by atoms with Gasteiger partial charge in [0.2, 0.25) is 0 Å². The van der Waals surface area contributed by atoms with Crippen molar-refractivity contribution in [3.05, 3.63) is 72.6 Å². The fraction of sp³-hybridized carbons (Fsp3) is 0.227. The summed E-state index contributed by atoms with van der Waals surface area (Å²) in [6, 6.07) is 17.7. The molecule has 0 radical (unpaired) electrons. The van der Waals surface area contributed by atoms with Crippen molar-refractivity contribution in [3.8, 4) is 0 Å². The van der Waals surface area contributed by atoms with Crippen molar-refractivity contribution in [1.82, 2.24) is 13.9 Å². The number of hydrogen-bond donors (Lipinski definition) is 2. The molecule has 4 rings (SSSR count). The van der Waals surface area contributed by atoms with E-state index in [9.17, 15) is 18.6 Å². The summed E-state index contributed by atoms with van der Waals surface area (Å²) in [7, 11) is -3.81. The zero-order chi connectivity index (χ0) is 21.1. The predicted molar refractivity (Wildman–Crippen MR) is 116 cm³/mol. The van der Waals surface area contributed by atoms with E-state index < -0.39 is 10.0 Å². The van der Waals surface area contributed by atoms with Crippen LogP contribution in [0.1, 0.15) is 5.69 Å². The molecule has 2 N–H and O–H groups in total. The molecule has 0 bridgehead atoms. The lowest BCUT2D eigenvalue weighted by atomic mass is 10.1. The largest absolute Gasteiger partial charge is 0.395 e. The highest BCUT2D eigenvalue weighted by Crippen LogP contribution is 2.30. The lowest BCUT2D eigenvalue weighted by Crippen LogP contribution is -2.30. The molecule has 8 heteroatoms. The molecule has 0 unspecified atom stereocenters. The van der Waals surface area contributed by atoms with Crippen molar-refractivity contribution in [2.24, 2.45) is 0 Å². The number of benzene rings is 2. The minimum absolute atomic E-state index is 0.0694. The third-order valence-corrected chi connectivity index (χ3v) is 6.77. The van der Waals surface area contributed by atoms with Gasteiger partial charge in [0.1, 0.15) is 0 Å². The van der Waals surface area contributed by atoms with E-state index in [1.165, 1.54) is 3.97 Å². The maximum Gasteiger partial charge on any atom is 0.268 e. The van der Waals surface area contributed by atoms with E-state index in [0.29, 0.717) is 30.8 Å². The number of fused-ring (bicyclic) bond motifs is 3. The summed E-state index contributed by atoms with van der Waals surface area (Å²) in [6.07, 6.45) is 1.56. The maximum absolute atomic E-state index is 13.4. The fourth-order valence-corrected chi connectivity index (χ4v) is 5.09. The van der Waals surface area contributed by atoms with Crippen molar-refractivity contribution >= 4 is 31.8 Å². The molecule has 0 spiro atoms. The molecule has 7 nitrogen and oxygen atoms in total. The smallest absolute Gasteiger partial charge is 0.268 e. The van der Waals surface area contributed by atoms with Crippen LogP contribution in [0.2, 0.25) is 0 Å². The predicted octanol–water partition coefficient (Wildman–Crippen LogP) is 2.21. The van der Waals surface area contributed by atoms with Crippen LogP contribution >= 0.6 is 0 Å². The van der Waals surface area contributed by atoms with E-state index in [1.54, 1.807) is 42.6 Å². The maximum atomic E-state index is 13.4. The van der Waals surface area contributed by atoms with Gasteiger partial charge in [-0.25, -0.2) is 17.4 Å². The summed E-state index contributed by atoms with van der Waals surface area (Å²) < 4.78 is 28.0. The number of aliphatic hydroxyl groups excluding tert-OH is 2. The first-order valence-electron chi connectivity index (χ1n) is 9.69. The summed E-state index contributed by atoms with van der Waals surface area (Å²) in [6.45, 7) is 0.863. The number of hydrogen-bond acceptors (Lipinski definition) is 6. The Morgan fingerprint density at radius 3 is 2.23 bits per heavy atom. The van der Waals surface area contributed by atoms with Crippen molar-refractivity contribution < 1.29 is 18.6 Å². The van der Waals surface area contributed by atoms with E-state index in [0.717, 1.165) is 16.3 Å². The molecular formula is C22H23N3O4S. The Morgan fingerprint density at radius 1 is 0.867 bits per heavy atom. The van der Waals surface area contributed by atoms with Gasteiger partial charge in [0.25, 0.3) is 10.0 Å². The summed E-state index contributed by atoms with van der Waals surface area (Å²) in [5, 5.41) is 20.4. The zero-order valence-corrected chi connectivity index (χ0v) is 17.2. The molecule has 30 heavy (non-hydrogen) atoms. The molecule has 0 aliphatic rings. The summed E-state index contributed by atoms with van der Waals surface area (Å²) in [5.74, 6) is 0. The Labute approximate surface area is 174 Å². The fourth-order valence-electron chi connectivity index (χ4n) is 3.69. The third-order valence-electron chi connectivity index (χ3n) is 5.08. The van der Waals surface area contributed by atoms with Crippen LogP contribution in [0.25, 0.3) is 21.8 Å². The Balaban J connectivity index is 1.96. The van der Waals surface area contributed by atoms with E-state index in [4.69, 9.17) is 4.98 Å². The first-order valence-corrected chi connectivity index (χ1v) is 11.1. The molecule has 0 saturated heterocycles. The lowest BCUT2D eigenvalue weighted by Gasteiger charge is -2.21. The molecule has 0 aliphatic heterocycles. The minimum atomic E-state index is -3.81. The summed E-state index contributed by atoms with van der Waals surface area (Å²) in [5.41, 5.74) is 1.86. The van der Waals surface area contributed by atoms with Gasteiger partial charge in [-0.15, -0.1) is 0 Å². The molecule has 4 aromatic rings. The van der Waals surface area contributed by atoms with Gasteiger partial charge in [-0.3, -0.25) is 4.90 Å². The third kappa shape index (κ3) is 3.70. The van der Waals surface area contributed by atoms with Crippen molar-refractivity contribution in [2.75, 3.05) is 26.3 Å². The number of para-hydroxylation sites is 1. The molecule has 2 aromatic heterocycles. The summed E-state index contributed by atoms with van der Waals surface area (Å²) >= 11 is 0. The van der Waals surface area contributed by atoms with Gasteiger partial charge in [-0.1, -0.05) is 36.4 Å². The van der Waals surface area contributed by atoms with Gasteiger partial charge in [0.05, 0.1) is 34.8 Å². The van der Waals surface area contributed by atoms with Gasteiger partial charge in [-0.05, 0) is 24.3 Å². The highest BCUT2D eigenvalue weighted by atomic mass is 32.2. The second-order valence-electron chi connectivity index (χ2n) is 6.99. The average molecular weight is 426 g/mol. The van der Waals surface area contributed by atoms with E-state index >= 15 is 0 Å². The van der Waals surface area contributed by atoms with Crippen LogP contribution in [0.4, 0.5) is 0 Å². The Morgan fingerprint density at radius 2 is 1.53 bits per heavy atom. The number of nitrogens with zero attached hydrogens (tertiary/aromatic N) is 3. The first-order chi connectivity index (χ1) is 14.6. The van der Waals surface area contributed by atoms with E-state index in [2.05, 4.69) is 0 Å². The topological polar surface area (TPSA) is 95.7 Å². The molecule has 2 aromatic carbocycles. The second kappa shape index (κ2) is 8.53. The van der Waals surface area contributed by atoms with Gasteiger partial charge < -0.3 is 10.2 Å². The minimum Gasteiger partial charge on any atom is -0.395 e. The van der Waals surface area contributed by atoms with Crippen LogP contribution in [-0.4, -0.2) is 58.8 Å². The van der Waals surface area contributed by atoms with Gasteiger partial charge in [0.15, 0.2) is 0 Å². The SMILES string of the molecule is O=S(=O)(c1ccccc1)n1ccc2c3ccccc3nc(CN(CCO)CCO)c21. The quantitative estimate of drug-likeness (QED) is 0.449. The molecular weight excluding hydrogens is 402 g/mol. The van der Waals surface area contributed by atoms with Crippen molar-refractivity contribution in [3.63, 3.8) is 0 Å². The molecule has 0 saturated carbocycles. The highest BCUT2D eigenvalue weighted by molar-refractivity contribution is 7.90. The lowest BCUT2D eigenvalue weighted by molar-refractivity contribution is 0.155. The first kappa shape index (κ1) is 20.5. The van der Waals surface area contributed by atoms with Crippen molar-refractivity contribution in [2.45, 2.75) is 11.4 Å². The number of pyridine rings is 1. The standard InChI is InChI=1S/C22H23N3O4S/c26-14-12-24(13-15-27)16-21-22-19(18-8-4-5-9-20(18)23-21)10-11-25(22)30(28,29)17-6-2-1-3-7-17/h1-11,26-27H,12-16H2. The Kier molecular flexibility index (Phi) is 5.83. The number of aliphatic hydroxyl groups is 2. The number of aromatic nitrogens is 2. The van der Waals surface area contributed by atoms with Crippen molar-refractivity contribution in [1.29, 1.82) is 0 Å².